The Morgan fingerprint density at radius 2 is 1.92 bits per heavy atom. The maximum Gasteiger partial charge on any atom is 0.272 e. The van der Waals surface area contributed by atoms with Crippen molar-refractivity contribution in [1.82, 2.24) is 15.5 Å². The second-order valence-electron chi connectivity index (χ2n) is 6.64. The van der Waals surface area contributed by atoms with E-state index < -0.39 is 0 Å². The third-order valence-corrected chi connectivity index (χ3v) is 4.59. The van der Waals surface area contributed by atoms with E-state index in [1.807, 2.05) is 12.1 Å². The summed E-state index contributed by atoms with van der Waals surface area (Å²) in [6.07, 6.45) is 4.13. The fourth-order valence-electron chi connectivity index (χ4n) is 2.95. The quantitative estimate of drug-likeness (QED) is 0.781. The second kappa shape index (κ2) is 8.47. The number of hydrogen-bond donors (Lipinski definition) is 2. The van der Waals surface area contributed by atoms with Crippen LogP contribution < -0.4 is 15.5 Å². The van der Waals surface area contributed by atoms with E-state index in [2.05, 4.69) is 51.4 Å². The molecule has 0 bridgehead atoms. The highest BCUT2D eigenvalue weighted by Gasteiger charge is 2.15. The summed E-state index contributed by atoms with van der Waals surface area (Å²) in [6.45, 7) is 8.53. The number of anilines is 3. The van der Waals surface area contributed by atoms with Crippen LogP contribution in [0.2, 0.25) is 0 Å². The number of piperidine rings is 1. The molecule has 1 aliphatic heterocycles. The van der Waals surface area contributed by atoms with Crippen molar-refractivity contribution in [3.05, 3.63) is 54.7 Å². The number of nitrogens with one attached hydrogen (secondary N) is 2. The third-order valence-electron chi connectivity index (χ3n) is 4.59. The van der Waals surface area contributed by atoms with E-state index in [0.717, 1.165) is 24.7 Å². The van der Waals surface area contributed by atoms with Crippen molar-refractivity contribution in [3.63, 3.8) is 0 Å². The average Bonchev–Trinajstić information content (AvgIpc) is 2.68. The molecule has 0 saturated carbocycles. The van der Waals surface area contributed by atoms with Gasteiger partial charge in [-0.1, -0.05) is 13.0 Å². The SMILES string of the molecule is C=CCNC(=O)c1ccc(Nc2ccc(N3CCC(C)CC3)cc2)nn1. The van der Waals surface area contributed by atoms with Crippen LogP contribution in [0.25, 0.3) is 0 Å². The summed E-state index contributed by atoms with van der Waals surface area (Å²) in [5.41, 5.74) is 2.48. The van der Waals surface area contributed by atoms with Gasteiger partial charge in [0.2, 0.25) is 0 Å². The summed E-state index contributed by atoms with van der Waals surface area (Å²) in [4.78, 5) is 14.2. The van der Waals surface area contributed by atoms with Gasteiger partial charge in [0.15, 0.2) is 11.5 Å². The molecule has 0 radical (unpaired) electrons. The Hall–Kier alpha value is -2.89. The normalized spacial score (nSPS) is 14.7. The first-order valence-corrected chi connectivity index (χ1v) is 9.00. The highest BCUT2D eigenvalue weighted by molar-refractivity contribution is 5.92. The number of carbonyl (C=O) groups is 1. The van der Waals surface area contributed by atoms with Crippen LogP contribution in [0.5, 0.6) is 0 Å². The Bertz CT molecular complexity index is 734. The Morgan fingerprint density at radius 3 is 2.54 bits per heavy atom. The van der Waals surface area contributed by atoms with E-state index in [9.17, 15) is 4.79 Å². The topological polar surface area (TPSA) is 70.2 Å². The summed E-state index contributed by atoms with van der Waals surface area (Å²) in [6, 6.07) is 11.7. The van der Waals surface area contributed by atoms with Crippen LogP contribution >= 0.6 is 0 Å². The molecule has 136 valence electrons. The zero-order valence-electron chi connectivity index (χ0n) is 15.1. The van der Waals surface area contributed by atoms with Crippen molar-refractivity contribution >= 4 is 23.1 Å². The highest BCUT2D eigenvalue weighted by Crippen LogP contribution is 2.25. The first-order valence-electron chi connectivity index (χ1n) is 9.00. The zero-order chi connectivity index (χ0) is 18.4. The summed E-state index contributed by atoms with van der Waals surface area (Å²) in [5.74, 6) is 1.17. The summed E-state index contributed by atoms with van der Waals surface area (Å²) >= 11 is 0. The average molecular weight is 351 g/mol. The fraction of sp³-hybridized carbons (Fsp3) is 0.350. The molecule has 2 heterocycles. The standard InChI is InChI=1S/C20H25N5O/c1-3-12-21-20(26)18-8-9-19(24-23-18)22-16-4-6-17(7-5-16)25-13-10-15(2)11-14-25/h3-9,15H,1,10-14H2,2H3,(H,21,26)(H,22,24). The van der Waals surface area contributed by atoms with Gasteiger partial charge in [0, 0.05) is 31.0 Å². The van der Waals surface area contributed by atoms with Gasteiger partial charge in [0.05, 0.1) is 0 Å². The van der Waals surface area contributed by atoms with Crippen LogP contribution in [-0.2, 0) is 0 Å². The highest BCUT2D eigenvalue weighted by atomic mass is 16.1. The number of aromatic nitrogens is 2. The van der Waals surface area contributed by atoms with Crippen molar-refractivity contribution < 1.29 is 4.79 Å². The molecular formula is C20H25N5O. The predicted molar refractivity (Wildman–Crippen MR) is 105 cm³/mol. The van der Waals surface area contributed by atoms with Gasteiger partial charge in [-0.05, 0) is 55.2 Å². The van der Waals surface area contributed by atoms with E-state index >= 15 is 0 Å². The molecule has 1 aromatic heterocycles. The van der Waals surface area contributed by atoms with Crippen LogP contribution in [0.15, 0.2) is 49.1 Å². The second-order valence-corrected chi connectivity index (χ2v) is 6.64. The van der Waals surface area contributed by atoms with Crippen molar-refractivity contribution in [3.8, 4) is 0 Å². The molecule has 2 aromatic rings. The largest absolute Gasteiger partial charge is 0.372 e. The molecule has 0 unspecified atom stereocenters. The summed E-state index contributed by atoms with van der Waals surface area (Å²) in [5, 5.41) is 13.9. The fourth-order valence-corrected chi connectivity index (χ4v) is 2.95. The Balaban J connectivity index is 1.58. The Morgan fingerprint density at radius 1 is 1.19 bits per heavy atom. The molecule has 6 nitrogen and oxygen atoms in total. The van der Waals surface area contributed by atoms with E-state index in [0.29, 0.717) is 12.4 Å². The minimum Gasteiger partial charge on any atom is -0.372 e. The lowest BCUT2D eigenvalue weighted by molar-refractivity contribution is 0.0952. The lowest BCUT2D eigenvalue weighted by Crippen LogP contribution is -2.32. The number of rotatable bonds is 6. The van der Waals surface area contributed by atoms with Gasteiger partial charge in [0.1, 0.15) is 0 Å². The minimum atomic E-state index is -0.260. The lowest BCUT2D eigenvalue weighted by Gasteiger charge is -2.32. The first kappa shape index (κ1) is 17.9. The molecular weight excluding hydrogens is 326 g/mol. The molecule has 1 aliphatic rings. The van der Waals surface area contributed by atoms with Gasteiger partial charge in [-0.25, -0.2) is 0 Å². The minimum absolute atomic E-state index is 0.260. The number of nitrogens with zero attached hydrogens (tertiary/aromatic N) is 3. The van der Waals surface area contributed by atoms with Crippen LogP contribution in [0.4, 0.5) is 17.2 Å². The van der Waals surface area contributed by atoms with Gasteiger partial charge in [-0.3, -0.25) is 4.79 Å². The predicted octanol–water partition coefficient (Wildman–Crippen LogP) is 3.37. The van der Waals surface area contributed by atoms with Gasteiger partial charge in [-0.2, -0.15) is 0 Å². The lowest BCUT2D eigenvalue weighted by atomic mass is 9.99. The van der Waals surface area contributed by atoms with Crippen molar-refractivity contribution in [2.45, 2.75) is 19.8 Å². The molecule has 1 saturated heterocycles. The van der Waals surface area contributed by atoms with E-state index in [1.165, 1.54) is 18.5 Å². The maximum atomic E-state index is 11.8. The first-order chi connectivity index (χ1) is 12.7. The van der Waals surface area contributed by atoms with Gasteiger partial charge >= 0.3 is 0 Å². The van der Waals surface area contributed by atoms with E-state index in [1.54, 1.807) is 18.2 Å². The third kappa shape index (κ3) is 4.59. The van der Waals surface area contributed by atoms with Gasteiger partial charge in [-0.15, -0.1) is 16.8 Å². The number of amides is 1. The monoisotopic (exact) mass is 351 g/mol. The van der Waals surface area contributed by atoms with Crippen LogP contribution in [0.3, 0.4) is 0 Å². The number of carbonyl (C=O) groups excluding carboxylic acids is 1. The van der Waals surface area contributed by atoms with E-state index in [-0.39, 0.29) is 11.6 Å². The van der Waals surface area contributed by atoms with Crippen molar-refractivity contribution in [2.75, 3.05) is 29.9 Å². The molecule has 2 N–H and O–H groups in total. The van der Waals surface area contributed by atoms with Crippen LogP contribution in [0, 0.1) is 5.92 Å². The molecule has 26 heavy (non-hydrogen) atoms. The van der Waals surface area contributed by atoms with E-state index in [4.69, 9.17) is 0 Å². The van der Waals surface area contributed by atoms with Gasteiger partial charge < -0.3 is 15.5 Å². The molecule has 0 atom stereocenters. The molecule has 1 fully saturated rings. The van der Waals surface area contributed by atoms with Gasteiger partial charge in [0.25, 0.3) is 5.91 Å². The van der Waals surface area contributed by atoms with Crippen LogP contribution in [0.1, 0.15) is 30.3 Å². The Kier molecular flexibility index (Phi) is 5.84. The molecule has 3 rings (SSSR count). The molecule has 6 heteroatoms. The van der Waals surface area contributed by atoms with Crippen molar-refractivity contribution in [2.24, 2.45) is 5.92 Å². The number of benzene rings is 1. The maximum absolute atomic E-state index is 11.8. The molecule has 0 aliphatic carbocycles. The molecule has 1 amide bonds. The Labute approximate surface area is 154 Å². The van der Waals surface area contributed by atoms with Crippen LogP contribution in [-0.4, -0.2) is 35.7 Å². The number of hydrogen-bond acceptors (Lipinski definition) is 5. The molecule has 1 aromatic carbocycles. The van der Waals surface area contributed by atoms with Crippen molar-refractivity contribution in [1.29, 1.82) is 0 Å². The zero-order valence-corrected chi connectivity index (χ0v) is 15.1. The molecule has 0 spiro atoms. The smallest absolute Gasteiger partial charge is 0.272 e. The summed E-state index contributed by atoms with van der Waals surface area (Å²) in [7, 11) is 0. The summed E-state index contributed by atoms with van der Waals surface area (Å²) < 4.78 is 0.